The van der Waals surface area contributed by atoms with Gasteiger partial charge in [0, 0.05) is 29.6 Å². The van der Waals surface area contributed by atoms with Crippen molar-refractivity contribution in [3.63, 3.8) is 0 Å². The number of carbonyl (C=O) groups is 2. The number of nitrogens with zero attached hydrogens (tertiary/aromatic N) is 1. The van der Waals surface area contributed by atoms with Gasteiger partial charge in [-0.1, -0.05) is 35.9 Å². The number of piperidine rings is 1. The van der Waals surface area contributed by atoms with Gasteiger partial charge in [0.15, 0.2) is 5.76 Å². The van der Waals surface area contributed by atoms with E-state index in [1.54, 1.807) is 17.4 Å². The second-order valence-electron chi connectivity index (χ2n) is 8.38. The highest BCUT2D eigenvalue weighted by Gasteiger charge is 2.25. The van der Waals surface area contributed by atoms with Crippen LogP contribution in [0.2, 0.25) is 0 Å². The van der Waals surface area contributed by atoms with Crippen molar-refractivity contribution in [1.82, 2.24) is 15.5 Å². The molecule has 4 rings (SSSR count). The van der Waals surface area contributed by atoms with Crippen molar-refractivity contribution in [1.29, 1.82) is 0 Å². The van der Waals surface area contributed by atoms with Crippen LogP contribution in [0.4, 0.5) is 0 Å². The molecular weight excluding hydrogens is 422 g/mol. The van der Waals surface area contributed by atoms with Crippen LogP contribution in [-0.4, -0.2) is 42.4 Å². The third-order valence-corrected chi connectivity index (χ3v) is 6.84. The molecule has 1 aromatic carbocycles. The van der Waals surface area contributed by atoms with Crippen LogP contribution in [0.25, 0.3) is 0 Å². The summed E-state index contributed by atoms with van der Waals surface area (Å²) in [5, 5.41) is 8.31. The van der Waals surface area contributed by atoms with Gasteiger partial charge in [0.2, 0.25) is 5.91 Å². The SMILES string of the molecule is Cc1ccc(C(NC(=O)CN2CCC(NC(=O)c3occc3C)CC2)c2cccs2)cc1. The number of hydrogen-bond donors (Lipinski definition) is 2. The highest BCUT2D eigenvalue weighted by Crippen LogP contribution is 2.26. The molecular formula is C25H29N3O3S. The maximum Gasteiger partial charge on any atom is 0.287 e. The van der Waals surface area contributed by atoms with E-state index in [2.05, 4.69) is 52.8 Å². The van der Waals surface area contributed by atoms with Crippen molar-refractivity contribution < 1.29 is 14.0 Å². The summed E-state index contributed by atoms with van der Waals surface area (Å²) in [6.07, 6.45) is 3.15. The summed E-state index contributed by atoms with van der Waals surface area (Å²) >= 11 is 1.65. The van der Waals surface area contributed by atoms with Gasteiger partial charge in [-0.3, -0.25) is 14.5 Å². The van der Waals surface area contributed by atoms with Gasteiger partial charge in [-0.25, -0.2) is 0 Å². The van der Waals surface area contributed by atoms with Gasteiger partial charge in [-0.15, -0.1) is 11.3 Å². The first kappa shape index (κ1) is 22.3. The van der Waals surface area contributed by atoms with Crippen LogP contribution in [0.5, 0.6) is 0 Å². The Morgan fingerprint density at radius 2 is 1.88 bits per heavy atom. The topological polar surface area (TPSA) is 74.6 Å². The molecule has 0 bridgehead atoms. The number of hydrogen-bond acceptors (Lipinski definition) is 5. The van der Waals surface area contributed by atoms with Gasteiger partial charge in [0.05, 0.1) is 18.8 Å². The third kappa shape index (κ3) is 5.47. The average molecular weight is 452 g/mol. The van der Waals surface area contributed by atoms with Crippen molar-refractivity contribution in [3.8, 4) is 0 Å². The van der Waals surface area contributed by atoms with E-state index in [9.17, 15) is 9.59 Å². The van der Waals surface area contributed by atoms with Gasteiger partial charge in [-0.05, 0) is 49.8 Å². The summed E-state index contributed by atoms with van der Waals surface area (Å²) in [6.45, 7) is 5.81. The highest BCUT2D eigenvalue weighted by molar-refractivity contribution is 7.10. The van der Waals surface area contributed by atoms with E-state index >= 15 is 0 Å². The van der Waals surface area contributed by atoms with Gasteiger partial charge < -0.3 is 15.1 Å². The molecule has 1 fully saturated rings. The van der Waals surface area contributed by atoms with Crippen molar-refractivity contribution >= 4 is 23.2 Å². The predicted octanol–water partition coefficient (Wildman–Crippen LogP) is 4.06. The first-order valence-corrected chi connectivity index (χ1v) is 11.8. The Morgan fingerprint density at radius 1 is 1.12 bits per heavy atom. The minimum absolute atomic E-state index is 0.0117. The number of thiophene rings is 1. The largest absolute Gasteiger partial charge is 0.459 e. The quantitative estimate of drug-likeness (QED) is 0.568. The fourth-order valence-electron chi connectivity index (χ4n) is 4.03. The van der Waals surface area contributed by atoms with E-state index in [-0.39, 0.29) is 23.9 Å². The first-order chi connectivity index (χ1) is 15.5. The summed E-state index contributed by atoms with van der Waals surface area (Å²) in [5.74, 6) is 0.223. The van der Waals surface area contributed by atoms with Crippen LogP contribution < -0.4 is 10.6 Å². The summed E-state index contributed by atoms with van der Waals surface area (Å²) in [5.41, 5.74) is 3.12. The van der Waals surface area contributed by atoms with Crippen LogP contribution in [0.1, 0.15) is 51.0 Å². The predicted molar refractivity (Wildman–Crippen MR) is 126 cm³/mol. The average Bonchev–Trinajstić information content (AvgIpc) is 3.46. The van der Waals surface area contributed by atoms with Crippen molar-refractivity contribution in [2.45, 2.75) is 38.8 Å². The zero-order valence-corrected chi connectivity index (χ0v) is 19.3. The molecule has 2 aromatic heterocycles. The molecule has 1 aliphatic heterocycles. The Balaban J connectivity index is 1.30. The fraction of sp³-hybridized carbons (Fsp3) is 0.360. The molecule has 1 atom stereocenters. The summed E-state index contributed by atoms with van der Waals surface area (Å²) in [4.78, 5) is 28.5. The van der Waals surface area contributed by atoms with Crippen LogP contribution in [-0.2, 0) is 4.79 Å². The number of aryl methyl sites for hydroxylation is 2. The number of nitrogens with one attached hydrogen (secondary N) is 2. The molecule has 1 saturated heterocycles. The van der Waals surface area contributed by atoms with E-state index in [0.29, 0.717) is 12.3 Å². The molecule has 1 aliphatic rings. The molecule has 7 heteroatoms. The first-order valence-electron chi connectivity index (χ1n) is 11.0. The minimum atomic E-state index is -0.166. The van der Waals surface area contributed by atoms with Crippen LogP contribution >= 0.6 is 11.3 Å². The van der Waals surface area contributed by atoms with Gasteiger partial charge >= 0.3 is 0 Å². The zero-order valence-electron chi connectivity index (χ0n) is 18.5. The lowest BCUT2D eigenvalue weighted by Crippen LogP contribution is -2.47. The second-order valence-corrected chi connectivity index (χ2v) is 9.36. The van der Waals surface area contributed by atoms with E-state index in [0.717, 1.165) is 41.9 Å². The number of benzene rings is 1. The number of carbonyl (C=O) groups excluding carboxylic acids is 2. The maximum absolute atomic E-state index is 12.9. The van der Waals surface area contributed by atoms with E-state index < -0.39 is 0 Å². The van der Waals surface area contributed by atoms with Crippen LogP contribution in [0.15, 0.2) is 58.5 Å². The Bertz CT molecular complexity index is 1030. The molecule has 0 spiro atoms. The number of furan rings is 1. The van der Waals surface area contributed by atoms with Crippen molar-refractivity contribution in [2.75, 3.05) is 19.6 Å². The summed E-state index contributed by atoms with van der Waals surface area (Å²) < 4.78 is 5.28. The normalized spacial score (nSPS) is 15.9. The lowest BCUT2D eigenvalue weighted by Gasteiger charge is -2.32. The molecule has 3 aromatic rings. The van der Waals surface area contributed by atoms with Gasteiger partial charge in [-0.2, -0.15) is 0 Å². The van der Waals surface area contributed by atoms with Gasteiger partial charge in [0.1, 0.15) is 0 Å². The number of likely N-dealkylation sites (tertiary alicyclic amines) is 1. The lowest BCUT2D eigenvalue weighted by molar-refractivity contribution is -0.123. The monoisotopic (exact) mass is 451 g/mol. The molecule has 1 unspecified atom stereocenters. The van der Waals surface area contributed by atoms with E-state index in [1.807, 2.05) is 18.4 Å². The maximum atomic E-state index is 12.9. The highest BCUT2D eigenvalue weighted by atomic mass is 32.1. The molecule has 168 valence electrons. The number of amides is 2. The minimum Gasteiger partial charge on any atom is -0.459 e. The smallest absolute Gasteiger partial charge is 0.287 e. The van der Waals surface area contributed by atoms with Crippen LogP contribution in [0.3, 0.4) is 0 Å². The lowest BCUT2D eigenvalue weighted by atomic mass is 10.0. The Labute approximate surface area is 192 Å². The molecule has 0 saturated carbocycles. The number of rotatable bonds is 7. The molecule has 32 heavy (non-hydrogen) atoms. The molecule has 3 heterocycles. The second kappa shape index (κ2) is 10.1. The zero-order chi connectivity index (χ0) is 22.5. The molecule has 6 nitrogen and oxygen atoms in total. The van der Waals surface area contributed by atoms with Crippen LogP contribution in [0, 0.1) is 13.8 Å². The third-order valence-electron chi connectivity index (χ3n) is 5.90. The standard InChI is InChI=1S/C25H29N3O3S/c1-17-5-7-19(8-6-17)23(21-4-3-15-32-21)27-22(29)16-28-12-9-20(10-13-28)26-25(30)24-18(2)11-14-31-24/h3-8,11,14-15,20,23H,9-10,12-13,16H2,1-2H3,(H,26,30)(H,27,29). The molecule has 0 aliphatic carbocycles. The molecule has 0 radical (unpaired) electrons. The fourth-order valence-corrected chi connectivity index (χ4v) is 4.84. The van der Waals surface area contributed by atoms with E-state index in [1.165, 1.54) is 11.8 Å². The summed E-state index contributed by atoms with van der Waals surface area (Å²) in [6, 6.07) is 14.1. The Hall–Kier alpha value is -2.90. The van der Waals surface area contributed by atoms with Gasteiger partial charge in [0.25, 0.3) is 5.91 Å². The Morgan fingerprint density at radius 3 is 2.50 bits per heavy atom. The molecule has 2 N–H and O–H groups in total. The Kier molecular flexibility index (Phi) is 7.07. The summed E-state index contributed by atoms with van der Waals surface area (Å²) in [7, 11) is 0. The molecule has 2 amide bonds. The van der Waals surface area contributed by atoms with E-state index in [4.69, 9.17) is 4.42 Å². The van der Waals surface area contributed by atoms with Crippen molar-refractivity contribution in [2.24, 2.45) is 0 Å². The van der Waals surface area contributed by atoms with Crippen molar-refractivity contribution in [3.05, 3.63) is 81.4 Å².